The molecule has 0 bridgehead atoms. The molecule has 2 heterocycles. The average molecular weight is 339 g/mol. The number of aromatic nitrogens is 1. The molecule has 7 heteroatoms. The maximum Gasteiger partial charge on any atom is 0.260 e. The van der Waals surface area contributed by atoms with Crippen molar-refractivity contribution in [3.63, 3.8) is 0 Å². The van der Waals surface area contributed by atoms with Crippen LogP contribution in [0.5, 0.6) is 17.2 Å². The number of nitrogens with zero attached hydrogens (tertiary/aromatic N) is 2. The molecule has 0 spiro atoms. The molecule has 0 saturated heterocycles. The molecular formula is C18H17N3O4. The number of hydrogen-bond acceptors (Lipinski definition) is 6. The molecule has 0 atom stereocenters. The lowest BCUT2D eigenvalue weighted by Crippen LogP contribution is -2.20. The van der Waals surface area contributed by atoms with Gasteiger partial charge in [-0.2, -0.15) is 5.26 Å². The molecule has 128 valence electrons. The number of nitrogens with one attached hydrogen (secondary N) is 1. The van der Waals surface area contributed by atoms with Crippen LogP contribution >= 0.6 is 0 Å². The van der Waals surface area contributed by atoms with Crippen LogP contribution in [0, 0.1) is 11.3 Å². The lowest BCUT2D eigenvalue weighted by atomic mass is 10.1. The van der Waals surface area contributed by atoms with Gasteiger partial charge < -0.3 is 19.5 Å². The number of ether oxygens (including phenoxy) is 3. The first-order valence-electron chi connectivity index (χ1n) is 7.94. The molecule has 2 aromatic rings. The van der Waals surface area contributed by atoms with Gasteiger partial charge in [-0.05, 0) is 30.7 Å². The van der Waals surface area contributed by atoms with Crippen LogP contribution < -0.4 is 19.5 Å². The summed E-state index contributed by atoms with van der Waals surface area (Å²) >= 11 is 0. The molecule has 0 saturated carbocycles. The van der Waals surface area contributed by atoms with Crippen LogP contribution in [0.2, 0.25) is 0 Å². The third-order valence-electron chi connectivity index (χ3n) is 3.50. The van der Waals surface area contributed by atoms with Gasteiger partial charge in [0.25, 0.3) is 5.91 Å². The summed E-state index contributed by atoms with van der Waals surface area (Å²) in [6, 6.07) is 10.7. The molecule has 1 aromatic carbocycles. The monoisotopic (exact) mass is 339 g/mol. The standard InChI is InChI=1S/C18H17N3O4/c19-8-1-2-10-23-15-7-4-9-20-17(15)21-18(22)13-5-3-6-14-16(13)25-12-11-24-14/h3-7,9H,1-2,10-12H2,(H,20,21,22). The lowest BCUT2D eigenvalue weighted by molar-refractivity contribution is 0.101. The van der Waals surface area contributed by atoms with Crippen molar-refractivity contribution in [2.45, 2.75) is 12.8 Å². The van der Waals surface area contributed by atoms with Gasteiger partial charge in [0.15, 0.2) is 23.1 Å². The highest BCUT2D eigenvalue weighted by Gasteiger charge is 2.21. The number of pyridine rings is 1. The first-order chi connectivity index (χ1) is 12.3. The minimum absolute atomic E-state index is 0.318. The number of rotatable bonds is 6. The molecule has 0 fully saturated rings. The highest BCUT2D eigenvalue weighted by atomic mass is 16.6. The van der Waals surface area contributed by atoms with Crippen LogP contribution in [-0.4, -0.2) is 30.7 Å². The third-order valence-corrected chi connectivity index (χ3v) is 3.50. The smallest absolute Gasteiger partial charge is 0.260 e. The van der Waals surface area contributed by atoms with E-state index < -0.39 is 0 Å². The van der Waals surface area contributed by atoms with Gasteiger partial charge in [-0.1, -0.05) is 6.07 Å². The maximum atomic E-state index is 12.6. The van der Waals surface area contributed by atoms with Crippen molar-refractivity contribution in [3.8, 4) is 23.3 Å². The molecular weight excluding hydrogens is 322 g/mol. The van der Waals surface area contributed by atoms with Crippen molar-refractivity contribution in [2.24, 2.45) is 0 Å². The van der Waals surface area contributed by atoms with Gasteiger partial charge in [-0.15, -0.1) is 0 Å². The summed E-state index contributed by atoms with van der Waals surface area (Å²) in [5.74, 6) is 1.39. The molecule has 1 amide bonds. The van der Waals surface area contributed by atoms with E-state index in [2.05, 4.69) is 16.4 Å². The number of amides is 1. The Morgan fingerprint density at radius 2 is 2.16 bits per heavy atom. The fourth-order valence-corrected chi connectivity index (χ4v) is 2.36. The molecule has 0 unspecified atom stereocenters. The number of hydrogen-bond donors (Lipinski definition) is 1. The second-order valence-electron chi connectivity index (χ2n) is 5.24. The van der Waals surface area contributed by atoms with Crippen LogP contribution in [0.4, 0.5) is 5.82 Å². The molecule has 1 aliphatic rings. The number of nitriles is 1. The predicted molar refractivity (Wildman–Crippen MR) is 90.0 cm³/mol. The molecule has 25 heavy (non-hydrogen) atoms. The number of para-hydroxylation sites is 1. The van der Waals surface area contributed by atoms with E-state index in [-0.39, 0.29) is 5.91 Å². The number of unbranched alkanes of at least 4 members (excludes halogenated alkanes) is 1. The fourth-order valence-electron chi connectivity index (χ4n) is 2.36. The van der Waals surface area contributed by atoms with E-state index in [0.29, 0.717) is 61.3 Å². The van der Waals surface area contributed by atoms with Gasteiger partial charge in [-0.3, -0.25) is 4.79 Å². The van der Waals surface area contributed by atoms with Crippen LogP contribution in [0.1, 0.15) is 23.2 Å². The van der Waals surface area contributed by atoms with Crippen LogP contribution in [0.15, 0.2) is 36.5 Å². The topological polar surface area (TPSA) is 93.5 Å². The Morgan fingerprint density at radius 3 is 3.04 bits per heavy atom. The van der Waals surface area contributed by atoms with Gasteiger partial charge in [0.2, 0.25) is 0 Å². The molecule has 1 aliphatic heterocycles. The third kappa shape index (κ3) is 3.98. The average Bonchev–Trinajstić information content (AvgIpc) is 2.66. The molecule has 1 N–H and O–H groups in total. The van der Waals surface area contributed by atoms with Gasteiger partial charge in [0.1, 0.15) is 13.2 Å². The van der Waals surface area contributed by atoms with Crippen molar-refractivity contribution >= 4 is 11.7 Å². The number of anilines is 1. The zero-order valence-corrected chi connectivity index (χ0v) is 13.5. The number of carbonyl (C=O) groups is 1. The quantitative estimate of drug-likeness (QED) is 0.813. The Labute approximate surface area is 145 Å². The Balaban J connectivity index is 1.75. The summed E-state index contributed by atoms with van der Waals surface area (Å²) in [6.45, 7) is 1.23. The summed E-state index contributed by atoms with van der Waals surface area (Å²) < 4.78 is 16.7. The van der Waals surface area contributed by atoms with E-state index in [1.807, 2.05) is 0 Å². The van der Waals surface area contributed by atoms with E-state index in [4.69, 9.17) is 19.5 Å². The van der Waals surface area contributed by atoms with Gasteiger partial charge in [0.05, 0.1) is 18.2 Å². The van der Waals surface area contributed by atoms with E-state index in [1.54, 1.807) is 36.5 Å². The van der Waals surface area contributed by atoms with Gasteiger partial charge >= 0.3 is 0 Å². The summed E-state index contributed by atoms with van der Waals surface area (Å²) in [7, 11) is 0. The zero-order valence-electron chi connectivity index (χ0n) is 13.5. The largest absolute Gasteiger partial charge is 0.490 e. The maximum absolute atomic E-state index is 12.6. The Bertz CT molecular complexity index is 801. The van der Waals surface area contributed by atoms with Crippen molar-refractivity contribution in [2.75, 3.05) is 25.1 Å². The van der Waals surface area contributed by atoms with E-state index in [0.717, 1.165) is 0 Å². The summed E-state index contributed by atoms with van der Waals surface area (Å²) in [5, 5.41) is 11.3. The molecule has 0 radical (unpaired) electrons. The zero-order chi connectivity index (χ0) is 17.5. The summed E-state index contributed by atoms with van der Waals surface area (Å²) in [4.78, 5) is 16.8. The highest BCUT2D eigenvalue weighted by Crippen LogP contribution is 2.34. The van der Waals surface area contributed by atoms with Crippen molar-refractivity contribution < 1.29 is 19.0 Å². The fraction of sp³-hybridized carbons (Fsp3) is 0.278. The number of benzene rings is 1. The number of fused-ring (bicyclic) bond motifs is 1. The SMILES string of the molecule is N#CCCCOc1cccnc1NC(=O)c1cccc2c1OCCO2. The van der Waals surface area contributed by atoms with Crippen LogP contribution in [0.25, 0.3) is 0 Å². The van der Waals surface area contributed by atoms with Crippen LogP contribution in [-0.2, 0) is 0 Å². The normalized spacial score (nSPS) is 12.1. The summed E-state index contributed by atoms with van der Waals surface area (Å²) in [5.41, 5.74) is 0.373. The van der Waals surface area contributed by atoms with Crippen molar-refractivity contribution in [3.05, 3.63) is 42.1 Å². The van der Waals surface area contributed by atoms with Crippen molar-refractivity contribution in [1.29, 1.82) is 5.26 Å². The highest BCUT2D eigenvalue weighted by molar-refractivity contribution is 6.06. The molecule has 7 nitrogen and oxygen atoms in total. The van der Waals surface area contributed by atoms with Gasteiger partial charge in [0, 0.05) is 12.6 Å². The summed E-state index contributed by atoms with van der Waals surface area (Å²) in [6.07, 6.45) is 2.59. The molecule has 0 aliphatic carbocycles. The molecule has 3 rings (SSSR count). The molecule has 1 aromatic heterocycles. The number of carbonyl (C=O) groups excluding carboxylic acids is 1. The minimum Gasteiger partial charge on any atom is -0.490 e. The van der Waals surface area contributed by atoms with E-state index in [1.165, 1.54) is 0 Å². The first-order valence-corrected chi connectivity index (χ1v) is 7.94. The Morgan fingerprint density at radius 1 is 1.28 bits per heavy atom. The van der Waals surface area contributed by atoms with E-state index in [9.17, 15) is 4.79 Å². The lowest BCUT2D eigenvalue weighted by Gasteiger charge is -2.20. The first kappa shape index (κ1) is 16.6. The minimum atomic E-state index is -0.358. The Hall–Kier alpha value is -3.27. The predicted octanol–water partition coefficient (Wildman–Crippen LogP) is 2.79. The van der Waals surface area contributed by atoms with Crippen LogP contribution in [0.3, 0.4) is 0 Å². The second kappa shape index (κ2) is 8.02. The van der Waals surface area contributed by atoms with E-state index >= 15 is 0 Å². The van der Waals surface area contributed by atoms with Crippen molar-refractivity contribution in [1.82, 2.24) is 4.98 Å². The second-order valence-corrected chi connectivity index (χ2v) is 5.24. The Kier molecular flexibility index (Phi) is 5.32. The van der Waals surface area contributed by atoms with Gasteiger partial charge in [-0.25, -0.2) is 4.98 Å².